The molecule has 1 aromatic heterocycles. The lowest BCUT2D eigenvalue weighted by Crippen LogP contribution is -1.99. The third-order valence-corrected chi connectivity index (χ3v) is 3.85. The van der Waals surface area contributed by atoms with Gasteiger partial charge in [-0.25, -0.2) is 9.78 Å². The molecule has 5 nitrogen and oxygen atoms in total. The number of nitrogens with zero attached hydrogens (tertiary/aromatic N) is 1. The van der Waals surface area contributed by atoms with Crippen LogP contribution in [0.25, 0.3) is 17.5 Å². The van der Waals surface area contributed by atoms with Gasteiger partial charge in [-0.05, 0) is 49.8 Å². The monoisotopic (exact) mass is 363 g/mol. The summed E-state index contributed by atoms with van der Waals surface area (Å²) < 4.78 is 16.5. The van der Waals surface area contributed by atoms with Crippen molar-refractivity contribution in [2.75, 3.05) is 6.61 Å². The van der Waals surface area contributed by atoms with E-state index in [0.717, 1.165) is 22.6 Å². The van der Waals surface area contributed by atoms with Gasteiger partial charge in [0.1, 0.15) is 23.8 Å². The third-order valence-electron chi connectivity index (χ3n) is 3.85. The summed E-state index contributed by atoms with van der Waals surface area (Å²) in [6.45, 7) is 4.30. The maximum atomic E-state index is 11.4. The van der Waals surface area contributed by atoms with Gasteiger partial charge in [0.05, 0.1) is 6.61 Å². The van der Waals surface area contributed by atoms with Crippen LogP contribution in [-0.4, -0.2) is 17.6 Å². The van der Waals surface area contributed by atoms with Crippen LogP contribution in [0.1, 0.15) is 23.9 Å². The van der Waals surface area contributed by atoms with E-state index in [4.69, 9.17) is 13.9 Å². The molecule has 0 N–H and O–H groups in total. The van der Waals surface area contributed by atoms with Crippen LogP contribution in [0.4, 0.5) is 0 Å². The van der Waals surface area contributed by atoms with Crippen LogP contribution in [0, 0.1) is 6.92 Å². The Morgan fingerprint density at radius 3 is 2.74 bits per heavy atom. The lowest BCUT2D eigenvalue weighted by atomic mass is 10.2. The molecule has 0 amide bonds. The summed E-state index contributed by atoms with van der Waals surface area (Å²) in [4.78, 5) is 15.9. The Kier molecular flexibility index (Phi) is 6.05. The van der Waals surface area contributed by atoms with E-state index in [1.807, 2.05) is 61.5 Å². The molecule has 0 aliphatic carbocycles. The number of esters is 1. The second-order valence-electron chi connectivity index (χ2n) is 5.83. The lowest BCUT2D eigenvalue weighted by molar-refractivity contribution is -0.137. The average molecular weight is 363 g/mol. The molecule has 3 aromatic rings. The molecule has 1 heterocycles. The second-order valence-corrected chi connectivity index (χ2v) is 5.83. The van der Waals surface area contributed by atoms with E-state index in [2.05, 4.69) is 4.98 Å². The highest BCUT2D eigenvalue weighted by Crippen LogP contribution is 2.23. The van der Waals surface area contributed by atoms with Crippen molar-refractivity contribution in [3.63, 3.8) is 0 Å². The smallest absolute Gasteiger partial charge is 0.330 e. The van der Waals surface area contributed by atoms with E-state index < -0.39 is 0 Å². The highest BCUT2D eigenvalue weighted by Gasteiger charge is 2.11. The fourth-order valence-electron chi connectivity index (χ4n) is 2.48. The first kappa shape index (κ1) is 18.5. The molecule has 0 radical (unpaired) electrons. The van der Waals surface area contributed by atoms with Crippen molar-refractivity contribution in [1.82, 2.24) is 4.98 Å². The van der Waals surface area contributed by atoms with Gasteiger partial charge in [-0.1, -0.05) is 30.3 Å². The number of ether oxygens (including phenoxy) is 2. The quantitative estimate of drug-likeness (QED) is 0.445. The number of aryl methyl sites for hydroxylation is 1. The van der Waals surface area contributed by atoms with Gasteiger partial charge in [0.15, 0.2) is 0 Å². The maximum absolute atomic E-state index is 11.4. The molecule has 0 aliphatic rings. The molecule has 0 aliphatic heterocycles. The fourth-order valence-corrected chi connectivity index (χ4v) is 2.48. The Balaban J connectivity index is 1.66. The van der Waals surface area contributed by atoms with Crippen LogP contribution >= 0.6 is 0 Å². The van der Waals surface area contributed by atoms with Crippen molar-refractivity contribution in [2.24, 2.45) is 0 Å². The van der Waals surface area contributed by atoms with Gasteiger partial charge in [-0.2, -0.15) is 0 Å². The zero-order chi connectivity index (χ0) is 19.1. The lowest BCUT2D eigenvalue weighted by Gasteiger charge is -2.05. The number of benzene rings is 2. The number of hydrogen-bond donors (Lipinski definition) is 0. The molecule has 5 heteroatoms. The van der Waals surface area contributed by atoms with Gasteiger partial charge in [0, 0.05) is 11.6 Å². The van der Waals surface area contributed by atoms with Crippen molar-refractivity contribution in [3.8, 4) is 17.2 Å². The molecule has 3 rings (SSSR count). The van der Waals surface area contributed by atoms with Gasteiger partial charge in [-0.15, -0.1) is 0 Å². The van der Waals surface area contributed by atoms with Gasteiger partial charge in [0.2, 0.25) is 5.89 Å². The summed E-state index contributed by atoms with van der Waals surface area (Å²) >= 11 is 0. The molecule has 27 heavy (non-hydrogen) atoms. The first-order valence-corrected chi connectivity index (χ1v) is 8.75. The van der Waals surface area contributed by atoms with Crippen molar-refractivity contribution < 1.29 is 18.7 Å². The summed E-state index contributed by atoms with van der Waals surface area (Å²) in [5, 5.41) is 0. The highest BCUT2D eigenvalue weighted by atomic mass is 16.5. The Morgan fingerprint density at radius 2 is 1.96 bits per heavy atom. The number of carbonyl (C=O) groups is 1. The van der Waals surface area contributed by atoms with Gasteiger partial charge >= 0.3 is 5.97 Å². The largest absolute Gasteiger partial charge is 0.487 e. The van der Waals surface area contributed by atoms with Crippen LogP contribution in [0.15, 0.2) is 65.1 Å². The predicted octanol–water partition coefficient (Wildman–Crippen LogP) is 4.81. The number of aromatic nitrogens is 1. The molecular weight excluding hydrogens is 342 g/mol. The summed E-state index contributed by atoms with van der Waals surface area (Å²) in [6, 6.07) is 17.2. The molecule has 0 saturated heterocycles. The van der Waals surface area contributed by atoms with Crippen LogP contribution in [0.5, 0.6) is 5.75 Å². The minimum absolute atomic E-state index is 0.299. The fraction of sp³-hybridized carbons (Fsp3) is 0.182. The van der Waals surface area contributed by atoms with E-state index in [9.17, 15) is 4.79 Å². The minimum Gasteiger partial charge on any atom is -0.487 e. The van der Waals surface area contributed by atoms with Crippen LogP contribution in [-0.2, 0) is 16.1 Å². The second kappa shape index (κ2) is 8.85. The Morgan fingerprint density at radius 1 is 1.15 bits per heavy atom. The predicted molar refractivity (Wildman–Crippen MR) is 103 cm³/mol. The zero-order valence-corrected chi connectivity index (χ0v) is 15.3. The van der Waals surface area contributed by atoms with Crippen molar-refractivity contribution in [2.45, 2.75) is 20.5 Å². The molecule has 0 saturated carbocycles. The third kappa shape index (κ3) is 5.07. The molecule has 0 atom stereocenters. The highest BCUT2D eigenvalue weighted by molar-refractivity contribution is 5.87. The summed E-state index contributed by atoms with van der Waals surface area (Å²) in [7, 11) is 0. The molecular formula is C22H21NO4. The Hall–Kier alpha value is -3.34. The van der Waals surface area contributed by atoms with Crippen molar-refractivity contribution in [3.05, 3.63) is 77.7 Å². The standard InChI is InChI=1S/C22H21NO4/c1-3-25-21(24)13-12-17-8-7-11-19(14-17)26-15-20-16(2)27-22(23-20)18-9-5-4-6-10-18/h4-14H,3,15H2,1-2H3/b13-12+. The molecule has 2 aromatic carbocycles. The first-order chi connectivity index (χ1) is 13.2. The normalized spacial score (nSPS) is 10.9. The number of rotatable bonds is 7. The van der Waals surface area contributed by atoms with Gasteiger partial charge < -0.3 is 13.9 Å². The zero-order valence-electron chi connectivity index (χ0n) is 15.3. The Labute approximate surface area is 158 Å². The van der Waals surface area contributed by atoms with Gasteiger partial charge in [0.25, 0.3) is 0 Å². The van der Waals surface area contributed by atoms with E-state index in [0.29, 0.717) is 24.9 Å². The maximum Gasteiger partial charge on any atom is 0.330 e. The first-order valence-electron chi connectivity index (χ1n) is 8.75. The van der Waals surface area contributed by atoms with E-state index in [-0.39, 0.29) is 5.97 Å². The Bertz CT molecular complexity index is 928. The summed E-state index contributed by atoms with van der Waals surface area (Å²) in [5.41, 5.74) is 2.53. The summed E-state index contributed by atoms with van der Waals surface area (Å²) in [6.07, 6.45) is 3.09. The van der Waals surface area contributed by atoms with Crippen LogP contribution in [0.2, 0.25) is 0 Å². The topological polar surface area (TPSA) is 61.6 Å². The SMILES string of the molecule is CCOC(=O)/C=C/c1cccc(OCc2nc(-c3ccccc3)oc2C)c1. The average Bonchev–Trinajstić information content (AvgIpc) is 3.07. The molecule has 0 unspecified atom stereocenters. The van der Waals surface area contributed by atoms with Crippen LogP contribution in [0.3, 0.4) is 0 Å². The number of carbonyl (C=O) groups excluding carboxylic acids is 1. The van der Waals surface area contributed by atoms with Crippen molar-refractivity contribution in [1.29, 1.82) is 0 Å². The summed E-state index contributed by atoms with van der Waals surface area (Å²) in [5.74, 6) is 1.63. The molecule has 0 bridgehead atoms. The molecule has 0 spiro atoms. The minimum atomic E-state index is -0.365. The van der Waals surface area contributed by atoms with Crippen molar-refractivity contribution >= 4 is 12.0 Å². The van der Waals surface area contributed by atoms with E-state index >= 15 is 0 Å². The number of hydrogen-bond acceptors (Lipinski definition) is 5. The van der Waals surface area contributed by atoms with E-state index in [1.165, 1.54) is 6.08 Å². The number of oxazole rings is 1. The van der Waals surface area contributed by atoms with E-state index in [1.54, 1.807) is 13.0 Å². The molecule has 0 fully saturated rings. The molecule has 138 valence electrons. The van der Waals surface area contributed by atoms with Gasteiger partial charge in [-0.3, -0.25) is 0 Å². The van der Waals surface area contributed by atoms with Crippen LogP contribution < -0.4 is 4.74 Å².